The van der Waals surface area contributed by atoms with Crippen LogP contribution >= 0.6 is 11.3 Å². The van der Waals surface area contributed by atoms with Crippen molar-refractivity contribution in [3.05, 3.63) is 35.2 Å². The Labute approximate surface area is 192 Å². The summed E-state index contributed by atoms with van der Waals surface area (Å²) in [4.78, 5) is 13.3. The highest BCUT2D eigenvalue weighted by Crippen LogP contribution is 2.46. The number of hydrogen-bond donors (Lipinski definition) is 1. The summed E-state index contributed by atoms with van der Waals surface area (Å²) in [7, 11) is -3.47. The van der Waals surface area contributed by atoms with Crippen molar-refractivity contribution in [3.63, 3.8) is 0 Å². The molecule has 0 bridgehead atoms. The quantitative estimate of drug-likeness (QED) is 0.685. The molecule has 0 unspecified atom stereocenters. The Bertz CT molecular complexity index is 1100. The number of nitrogens with zero attached hydrogens (tertiary/aromatic N) is 1. The third-order valence-corrected chi connectivity index (χ3v) is 9.77. The largest absolute Gasteiger partial charge is 0.448 e. The lowest BCUT2D eigenvalue weighted by Crippen LogP contribution is -2.40. The number of ether oxygens (including phenoxy) is 2. The molecule has 32 heavy (non-hydrogen) atoms. The first kappa shape index (κ1) is 21.7. The Kier molecular flexibility index (Phi) is 5.90. The van der Waals surface area contributed by atoms with Gasteiger partial charge in [0.25, 0.3) is 15.8 Å². The molecular formula is C23H28N2O5S2. The van der Waals surface area contributed by atoms with Crippen LogP contribution in [0, 0.1) is 0 Å². The number of benzene rings is 1. The van der Waals surface area contributed by atoms with Crippen molar-refractivity contribution in [2.45, 2.75) is 67.8 Å². The Morgan fingerprint density at radius 1 is 0.969 bits per heavy atom. The molecular weight excluding hydrogens is 448 g/mol. The van der Waals surface area contributed by atoms with Crippen LogP contribution in [0.5, 0.6) is 11.5 Å². The van der Waals surface area contributed by atoms with E-state index in [0.717, 1.165) is 55.6 Å². The van der Waals surface area contributed by atoms with E-state index in [1.54, 1.807) is 22.5 Å². The van der Waals surface area contributed by atoms with Crippen LogP contribution in [-0.2, 0) is 21.2 Å². The summed E-state index contributed by atoms with van der Waals surface area (Å²) in [5, 5.41) is 2.90. The zero-order valence-electron chi connectivity index (χ0n) is 18.0. The molecule has 0 atom stereocenters. The number of nitrogens with one attached hydrogen (secondary N) is 1. The van der Waals surface area contributed by atoms with Gasteiger partial charge in [-0.25, -0.2) is 8.42 Å². The second-order valence-corrected chi connectivity index (χ2v) is 12.1. The minimum atomic E-state index is -3.47. The summed E-state index contributed by atoms with van der Waals surface area (Å²) in [5.74, 6) is 0.641. The van der Waals surface area contributed by atoms with Crippen LogP contribution in [0.25, 0.3) is 0 Å². The van der Waals surface area contributed by atoms with E-state index in [9.17, 15) is 13.2 Å². The van der Waals surface area contributed by atoms with Gasteiger partial charge >= 0.3 is 0 Å². The van der Waals surface area contributed by atoms with Crippen LogP contribution in [0.2, 0.25) is 0 Å². The molecule has 1 aliphatic carbocycles. The van der Waals surface area contributed by atoms with Gasteiger partial charge in [0.15, 0.2) is 11.5 Å². The minimum Gasteiger partial charge on any atom is -0.448 e. The number of rotatable bonds is 5. The summed E-state index contributed by atoms with van der Waals surface area (Å²) in [6, 6.07) is 8.79. The third kappa shape index (κ3) is 4.38. The van der Waals surface area contributed by atoms with E-state index in [1.165, 1.54) is 17.8 Å². The Balaban J connectivity index is 1.21. The Morgan fingerprint density at radius 3 is 2.47 bits per heavy atom. The topological polar surface area (TPSA) is 84.9 Å². The molecule has 3 aliphatic rings. The van der Waals surface area contributed by atoms with Crippen molar-refractivity contribution in [3.8, 4) is 11.5 Å². The van der Waals surface area contributed by atoms with E-state index in [2.05, 4.69) is 5.32 Å². The van der Waals surface area contributed by atoms with Gasteiger partial charge in [-0.2, -0.15) is 4.31 Å². The number of sulfonamides is 1. The molecule has 0 radical (unpaired) electrons. The Morgan fingerprint density at radius 2 is 1.69 bits per heavy atom. The zero-order valence-corrected chi connectivity index (χ0v) is 19.6. The molecule has 1 spiro atoms. The number of hydrogen-bond acceptors (Lipinski definition) is 6. The molecule has 7 nitrogen and oxygen atoms in total. The molecule has 2 aromatic rings. The van der Waals surface area contributed by atoms with E-state index in [1.807, 2.05) is 12.1 Å². The lowest BCUT2D eigenvalue weighted by molar-refractivity contribution is -0.115. The number of carbonyl (C=O) groups is 1. The van der Waals surface area contributed by atoms with Crippen molar-refractivity contribution in [1.29, 1.82) is 0 Å². The van der Waals surface area contributed by atoms with Crippen LogP contribution in [0.15, 0.2) is 34.5 Å². The number of piperidine rings is 1. The fourth-order valence-electron chi connectivity index (χ4n) is 4.65. The summed E-state index contributed by atoms with van der Waals surface area (Å²) < 4.78 is 39.7. The molecule has 1 N–H and O–H groups in total. The number of fused-ring (bicyclic) bond motifs is 1. The lowest BCUT2D eigenvalue weighted by Gasteiger charge is -2.31. The third-order valence-electron chi connectivity index (χ3n) is 6.32. The van der Waals surface area contributed by atoms with Crippen molar-refractivity contribution in [2.24, 2.45) is 0 Å². The smallest absolute Gasteiger partial charge is 0.252 e. The molecule has 2 aliphatic heterocycles. The van der Waals surface area contributed by atoms with E-state index in [-0.39, 0.29) is 12.3 Å². The fourth-order valence-corrected chi connectivity index (χ4v) is 7.68. The molecule has 9 heteroatoms. The molecule has 3 heterocycles. The van der Waals surface area contributed by atoms with E-state index >= 15 is 0 Å². The SMILES string of the molecule is O=C(Cc1ccc(S(=O)(=O)N2CCCCC2)s1)Nc1ccc2c(c1)OC1(CCCCC1)O2. The number of carbonyl (C=O) groups excluding carboxylic acids is 1. The van der Waals surface area contributed by atoms with Crippen molar-refractivity contribution < 1.29 is 22.7 Å². The van der Waals surface area contributed by atoms with Crippen molar-refractivity contribution in [2.75, 3.05) is 18.4 Å². The van der Waals surface area contributed by atoms with Crippen molar-refractivity contribution >= 4 is 33.0 Å². The average Bonchev–Trinajstić information content (AvgIpc) is 3.39. The number of thiophene rings is 1. The van der Waals surface area contributed by atoms with Gasteiger partial charge < -0.3 is 14.8 Å². The molecule has 1 saturated heterocycles. The van der Waals surface area contributed by atoms with Crippen LogP contribution in [0.4, 0.5) is 5.69 Å². The highest BCUT2D eigenvalue weighted by atomic mass is 32.2. The highest BCUT2D eigenvalue weighted by Gasteiger charge is 2.42. The first-order chi connectivity index (χ1) is 15.4. The van der Waals surface area contributed by atoms with E-state index in [4.69, 9.17) is 9.47 Å². The second-order valence-electron chi connectivity index (χ2n) is 8.75. The first-order valence-electron chi connectivity index (χ1n) is 11.3. The summed E-state index contributed by atoms with van der Waals surface area (Å²) in [6.07, 6.45) is 8.14. The standard InChI is InChI=1S/C23H28N2O5S2/c26-21(16-18-8-10-22(31-18)32(27,28)25-13-5-2-6-14-25)24-17-7-9-19-20(15-17)30-23(29-19)11-3-1-4-12-23/h7-10,15H,1-6,11-14,16H2,(H,24,26). The summed E-state index contributed by atoms with van der Waals surface area (Å²) >= 11 is 1.17. The Hall–Kier alpha value is -2.10. The van der Waals surface area contributed by atoms with Gasteiger partial charge in [0, 0.05) is 42.6 Å². The summed E-state index contributed by atoms with van der Waals surface area (Å²) in [5.41, 5.74) is 0.642. The van der Waals surface area contributed by atoms with Gasteiger partial charge in [0.2, 0.25) is 5.91 Å². The molecule has 5 rings (SSSR count). The van der Waals surface area contributed by atoms with Crippen LogP contribution in [0.1, 0.15) is 56.2 Å². The minimum absolute atomic E-state index is 0.124. The molecule has 1 aromatic heterocycles. The van der Waals surface area contributed by atoms with Gasteiger partial charge in [-0.1, -0.05) is 12.8 Å². The van der Waals surface area contributed by atoms with Gasteiger partial charge in [0.05, 0.1) is 6.42 Å². The molecule has 1 aromatic carbocycles. The monoisotopic (exact) mass is 476 g/mol. The van der Waals surface area contributed by atoms with Crippen LogP contribution in [-0.4, -0.2) is 37.5 Å². The number of anilines is 1. The second kappa shape index (κ2) is 8.68. The highest BCUT2D eigenvalue weighted by molar-refractivity contribution is 7.91. The molecule has 2 fully saturated rings. The van der Waals surface area contributed by atoms with Gasteiger partial charge in [-0.15, -0.1) is 11.3 Å². The predicted molar refractivity (Wildman–Crippen MR) is 123 cm³/mol. The van der Waals surface area contributed by atoms with Gasteiger partial charge in [-0.3, -0.25) is 4.79 Å². The van der Waals surface area contributed by atoms with Crippen molar-refractivity contribution in [1.82, 2.24) is 4.31 Å². The van der Waals surface area contributed by atoms with Crippen LogP contribution in [0.3, 0.4) is 0 Å². The van der Waals surface area contributed by atoms with E-state index < -0.39 is 15.8 Å². The zero-order chi connectivity index (χ0) is 22.2. The van der Waals surface area contributed by atoms with E-state index in [0.29, 0.717) is 28.7 Å². The fraction of sp³-hybridized carbons (Fsp3) is 0.522. The number of amides is 1. The summed E-state index contributed by atoms with van der Waals surface area (Å²) in [6.45, 7) is 1.14. The van der Waals surface area contributed by atoms with Crippen LogP contribution < -0.4 is 14.8 Å². The maximum Gasteiger partial charge on any atom is 0.252 e. The first-order valence-corrected chi connectivity index (χ1v) is 13.6. The normalized spacial score (nSPS) is 20.4. The molecule has 1 saturated carbocycles. The van der Waals surface area contributed by atoms with Gasteiger partial charge in [-0.05, 0) is 49.9 Å². The predicted octanol–water partition coefficient (Wildman–Crippen LogP) is 4.54. The average molecular weight is 477 g/mol. The van der Waals surface area contributed by atoms with Gasteiger partial charge in [0.1, 0.15) is 4.21 Å². The molecule has 172 valence electrons. The maximum absolute atomic E-state index is 12.8. The maximum atomic E-state index is 12.8. The molecule has 1 amide bonds. The lowest BCUT2D eigenvalue weighted by atomic mass is 9.94.